The molecule has 0 aliphatic heterocycles. The number of amides is 1. The minimum atomic E-state index is -0.604. The quantitative estimate of drug-likeness (QED) is 0.559. The monoisotopic (exact) mass is 315 g/mol. The van der Waals surface area contributed by atoms with Crippen molar-refractivity contribution in [2.75, 3.05) is 5.32 Å². The lowest BCUT2D eigenvalue weighted by Gasteiger charge is -2.06. The highest BCUT2D eigenvalue weighted by Gasteiger charge is 2.13. The van der Waals surface area contributed by atoms with Crippen molar-refractivity contribution >= 4 is 28.3 Å². The molecule has 116 valence electrons. The number of nitrogens with one attached hydrogen (secondary N) is 1. The van der Waals surface area contributed by atoms with Gasteiger partial charge in [0.2, 0.25) is 5.91 Å². The lowest BCUT2D eigenvalue weighted by Crippen LogP contribution is -2.28. The molecule has 0 spiro atoms. The molecule has 0 atom stereocenters. The van der Waals surface area contributed by atoms with Gasteiger partial charge < -0.3 is 9.84 Å². The van der Waals surface area contributed by atoms with E-state index in [1.807, 2.05) is 0 Å². The van der Waals surface area contributed by atoms with Gasteiger partial charge in [-0.05, 0) is 6.07 Å². The molecule has 3 aromatic rings. The van der Waals surface area contributed by atoms with Crippen molar-refractivity contribution in [2.45, 2.75) is 6.54 Å². The van der Waals surface area contributed by atoms with E-state index in [2.05, 4.69) is 20.0 Å². The summed E-state index contributed by atoms with van der Waals surface area (Å²) >= 11 is 0. The Bertz CT molecular complexity index is 947. The number of fused-ring (bicyclic) bond motifs is 1. The Morgan fingerprint density at radius 3 is 2.91 bits per heavy atom. The first-order chi connectivity index (χ1) is 11.0. The van der Waals surface area contributed by atoms with E-state index in [0.29, 0.717) is 5.52 Å². The molecule has 0 aliphatic rings. The normalized spacial score (nSPS) is 10.6. The fourth-order valence-electron chi connectivity index (χ4n) is 1.99. The molecule has 0 saturated heterocycles. The van der Waals surface area contributed by atoms with Crippen molar-refractivity contribution in [3.05, 3.63) is 57.3 Å². The minimum absolute atomic E-state index is 0.0657. The van der Waals surface area contributed by atoms with Crippen molar-refractivity contribution in [3.8, 4) is 0 Å². The van der Waals surface area contributed by atoms with Crippen LogP contribution in [0.15, 0.2) is 46.2 Å². The summed E-state index contributed by atoms with van der Waals surface area (Å²) in [4.78, 5) is 38.4. The van der Waals surface area contributed by atoms with Crippen LogP contribution in [0, 0.1) is 10.1 Å². The van der Waals surface area contributed by atoms with Crippen LogP contribution in [0.25, 0.3) is 10.9 Å². The van der Waals surface area contributed by atoms with Gasteiger partial charge in [-0.1, -0.05) is 5.16 Å². The molecule has 10 heteroatoms. The van der Waals surface area contributed by atoms with Crippen LogP contribution in [0.3, 0.4) is 0 Å². The molecule has 0 fully saturated rings. The van der Waals surface area contributed by atoms with E-state index in [4.69, 9.17) is 0 Å². The van der Waals surface area contributed by atoms with E-state index in [0.717, 1.165) is 10.6 Å². The van der Waals surface area contributed by atoms with Gasteiger partial charge in [0.15, 0.2) is 5.82 Å². The van der Waals surface area contributed by atoms with Crippen LogP contribution in [0.2, 0.25) is 0 Å². The van der Waals surface area contributed by atoms with Crippen LogP contribution in [0.1, 0.15) is 0 Å². The topological polar surface area (TPSA) is 133 Å². The largest absolute Gasteiger partial charge is 0.363 e. The molecule has 0 aliphatic carbocycles. The van der Waals surface area contributed by atoms with Gasteiger partial charge in [0.25, 0.3) is 11.2 Å². The third-order valence-electron chi connectivity index (χ3n) is 3.04. The van der Waals surface area contributed by atoms with E-state index in [1.54, 1.807) is 0 Å². The molecule has 23 heavy (non-hydrogen) atoms. The highest BCUT2D eigenvalue weighted by molar-refractivity contribution is 5.89. The van der Waals surface area contributed by atoms with Gasteiger partial charge in [-0.3, -0.25) is 24.3 Å². The van der Waals surface area contributed by atoms with Gasteiger partial charge in [0.05, 0.1) is 22.2 Å². The molecule has 2 aromatic heterocycles. The zero-order valence-electron chi connectivity index (χ0n) is 11.5. The first-order valence-electron chi connectivity index (χ1n) is 6.38. The molecular weight excluding hydrogens is 306 g/mol. The van der Waals surface area contributed by atoms with Crippen molar-refractivity contribution in [3.63, 3.8) is 0 Å². The van der Waals surface area contributed by atoms with E-state index >= 15 is 0 Å². The summed E-state index contributed by atoms with van der Waals surface area (Å²) in [6.45, 7) is -0.308. The number of nitro groups is 1. The summed E-state index contributed by atoms with van der Waals surface area (Å²) in [5, 5.41) is 16.8. The summed E-state index contributed by atoms with van der Waals surface area (Å²) in [6, 6.07) is 5.23. The molecule has 1 amide bonds. The second-order valence-electron chi connectivity index (χ2n) is 4.57. The summed E-state index contributed by atoms with van der Waals surface area (Å²) in [5.74, 6) is -0.292. The summed E-state index contributed by atoms with van der Waals surface area (Å²) < 4.78 is 5.63. The summed E-state index contributed by atoms with van der Waals surface area (Å²) in [7, 11) is 0. The number of hydrogen-bond donors (Lipinski definition) is 1. The first kappa shape index (κ1) is 14.4. The number of carbonyl (C=O) groups is 1. The standard InChI is InChI=1S/C13H9N5O5/c19-12(15-11-3-4-23-16-11)6-17-7-14-10-2-1-8(18(21)22)5-9(10)13(17)20/h1-5,7H,6H2,(H,15,16,19). The maximum atomic E-state index is 12.3. The Labute approximate surface area is 127 Å². The molecule has 2 heterocycles. The van der Waals surface area contributed by atoms with Crippen LogP contribution in [0.4, 0.5) is 11.5 Å². The van der Waals surface area contributed by atoms with Gasteiger partial charge in [-0.2, -0.15) is 0 Å². The van der Waals surface area contributed by atoms with E-state index in [-0.39, 0.29) is 23.4 Å². The first-order valence-corrected chi connectivity index (χ1v) is 6.38. The fraction of sp³-hybridized carbons (Fsp3) is 0.0769. The molecule has 3 rings (SSSR count). The Morgan fingerprint density at radius 1 is 1.39 bits per heavy atom. The van der Waals surface area contributed by atoms with Gasteiger partial charge in [0, 0.05) is 18.2 Å². The number of rotatable bonds is 4. The van der Waals surface area contributed by atoms with Gasteiger partial charge in [-0.25, -0.2) is 4.98 Å². The maximum absolute atomic E-state index is 12.3. The van der Waals surface area contributed by atoms with Crippen molar-refractivity contribution in [1.29, 1.82) is 0 Å². The number of non-ortho nitro benzene ring substituents is 1. The number of benzene rings is 1. The average molecular weight is 315 g/mol. The lowest BCUT2D eigenvalue weighted by molar-refractivity contribution is -0.384. The number of nitro benzene ring substituents is 1. The number of nitrogens with zero attached hydrogens (tertiary/aromatic N) is 4. The van der Waals surface area contributed by atoms with Gasteiger partial charge in [-0.15, -0.1) is 0 Å². The van der Waals surface area contributed by atoms with E-state index in [9.17, 15) is 19.7 Å². The van der Waals surface area contributed by atoms with Crippen molar-refractivity contribution in [2.24, 2.45) is 0 Å². The number of aromatic nitrogens is 3. The fourth-order valence-corrected chi connectivity index (χ4v) is 1.99. The maximum Gasteiger partial charge on any atom is 0.270 e. The third-order valence-corrected chi connectivity index (χ3v) is 3.04. The average Bonchev–Trinajstić information content (AvgIpc) is 3.02. The number of anilines is 1. The smallest absolute Gasteiger partial charge is 0.270 e. The Balaban J connectivity index is 1.92. The molecule has 0 unspecified atom stereocenters. The third kappa shape index (κ3) is 2.90. The van der Waals surface area contributed by atoms with Crippen LogP contribution in [-0.2, 0) is 11.3 Å². The zero-order valence-corrected chi connectivity index (χ0v) is 11.5. The predicted molar refractivity (Wildman–Crippen MR) is 77.8 cm³/mol. The Morgan fingerprint density at radius 2 is 2.22 bits per heavy atom. The van der Waals surface area contributed by atoms with Crippen LogP contribution in [-0.4, -0.2) is 25.5 Å². The van der Waals surface area contributed by atoms with Crippen LogP contribution in [0.5, 0.6) is 0 Å². The summed E-state index contributed by atoms with van der Waals surface area (Å²) in [6.07, 6.45) is 2.50. The second kappa shape index (κ2) is 5.67. The predicted octanol–water partition coefficient (Wildman–Crippen LogP) is 0.931. The SMILES string of the molecule is O=C(Cn1cnc2ccc([N+](=O)[O-])cc2c1=O)Nc1ccon1. The van der Waals surface area contributed by atoms with Gasteiger partial charge >= 0.3 is 0 Å². The zero-order chi connectivity index (χ0) is 16.4. The van der Waals surface area contributed by atoms with Crippen LogP contribution >= 0.6 is 0 Å². The molecular formula is C13H9N5O5. The second-order valence-corrected chi connectivity index (χ2v) is 4.57. The number of carbonyl (C=O) groups excluding carboxylic acids is 1. The van der Waals surface area contributed by atoms with Gasteiger partial charge in [0.1, 0.15) is 12.8 Å². The van der Waals surface area contributed by atoms with Crippen LogP contribution < -0.4 is 10.9 Å². The summed E-state index contributed by atoms with van der Waals surface area (Å²) in [5.41, 5.74) is -0.455. The molecule has 1 N–H and O–H groups in total. The Kier molecular flexibility index (Phi) is 3.55. The molecule has 0 radical (unpaired) electrons. The lowest BCUT2D eigenvalue weighted by atomic mass is 10.2. The van der Waals surface area contributed by atoms with Crippen molar-refractivity contribution < 1.29 is 14.2 Å². The van der Waals surface area contributed by atoms with E-state index in [1.165, 1.54) is 30.8 Å². The minimum Gasteiger partial charge on any atom is -0.363 e. The molecule has 0 saturated carbocycles. The molecule has 10 nitrogen and oxygen atoms in total. The highest BCUT2D eigenvalue weighted by atomic mass is 16.6. The molecule has 0 bridgehead atoms. The number of hydrogen-bond acceptors (Lipinski definition) is 7. The highest BCUT2D eigenvalue weighted by Crippen LogP contribution is 2.16. The van der Waals surface area contributed by atoms with E-state index < -0.39 is 16.4 Å². The Hall–Kier alpha value is -3.56. The van der Waals surface area contributed by atoms with Crippen molar-refractivity contribution in [1.82, 2.24) is 14.7 Å². The molecule has 1 aromatic carbocycles.